The van der Waals surface area contributed by atoms with E-state index in [4.69, 9.17) is 5.73 Å². The summed E-state index contributed by atoms with van der Waals surface area (Å²) >= 11 is 0. The van der Waals surface area contributed by atoms with Gasteiger partial charge in [0.2, 0.25) is 0 Å². The summed E-state index contributed by atoms with van der Waals surface area (Å²) in [5.74, 6) is 0.750. The molecule has 3 N–H and O–H groups in total. The van der Waals surface area contributed by atoms with E-state index in [2.05, 4.69) is 0 Å². The Morgan fingerprint density at radius 1 is 1.14 bits per heavy atom. The van der Waals surface area contributed by atoms with Crippen LogP contribution in [0.4, 0.5) is 0 Å². The van der Waals surface area contributed by atoms with Crippen molar-refractivity contribution in [2.45, 2.75) is 37.6 Å². The lowest BCUT2D eigenvalue weighted by Gasteiger charge is -2.29. The third kappa shape index (κ3) is 1.75. The summed E-state index contributed by atoms with van der Waals surface area (Å²) in [6.45, 7) is 0. The van der Waals surface area contributed by atoms with Gasteiger partial charge in [-0.25, -0.2) is 0 Å². The fraction of sp³-hybridized carbons (Fsp3) is 0.500. The summed E-state index contributed by atoms with van der Waals surface area (Å²) in [6, 6.07) is 7.78. The minimum atomic E-state index is 0.219. The predicted molar refractivity (Wildman–Crippen MR) is 57.3 cm³/mol. The zero-order chi connectivity index (χ0) is 9.97. The van der Waals surface area contributed by atoms with Crippen LogP contribution >= 0.6 is 0 Å². The van der Waals surface area contributed by atoms with Gasteiger partial charge in [0.25, 0.3) is 0 Å². The highest BCUT2D eigenvalue weighted by molar-refractivity contribution is 5.36. The van der Waals surface area contributed by atoms with E-state index in [1.807, 2.05) is 18.2 Å². The minimum absolute atomic E-state index is 0.219. The van der Waals surface area contributed by atoms with Crippen molar-refractivity contribution in [3.05, 3.63) is 29.8 Å². The van der Waals surface area contributed by atoms with Gasteiger partial charge in [0.1, 0.15) is 5.75 Å². The Balaban J connectivity index is 2.25. The van der Waals surface area contributed by atoms with E-state index in [1.54, 1.807) is 6.07 Å². The van der Waals surface area contributed by atoms with Gasteiger partial charge in [-0.3, -0.25) is 0 Å². The fourth-order valence-corrected chi connectivity index (χ4v) is 2.35. The number of phenolic OH excluding ortho intramolecular Hbond substituents is 1. The van der Waals surface area contributed by atoms with Crippen molar-refractivity contribution >= 4 is 0 Å². The number of hydrogen-bond donors (Lipinski definition) is 2. The number of phenols is 1. The average Bonchev–Trinajstić information content (AvgIpc) is 2.20. The Morgan fingerprint density at radius 2 is 1.86 bits per heavy atom. The molecule has 1 aliphatic carbocycles. The molecule has 76 valence electrons. The van der Waals surface area contributed by atoms with Gasteiger partial charge in [0, 0.05) is 12.0 Å². The zero-order valence-corrected chi connectivity index (χ0v) is 8.32. The van der Waals surface area contributed by atoms with E-state index in [9.17, 15) is 5.11 Å². The molecule has 2 rings (SSSR count). The first-order valence-electron chi connectivity index (χ1n) is 5.32. The molecule has 2 heteroatoms. The minimum Gasteiger partial charge on any atom is -0.508 e. The molecule has 1 aromatic carbocycles. The average molecular weight is 191 g/mol. The second-order valence-electron chi connectivity index (χ2n) is 4.11. The van der Waals surface area contributed by atoms with Crippen LogP contribution in [0.3, 0.4) is 0 Å². The lowest BCUT2D eigenvalue weighted by Crippen LogP contribution is -2.31. The first-order chi connectivity index (χ1) is 6.79. The lowest BCUT2D eigenvalue weighted by atomic mass is 9.80. The quantitative estimate of drug-likeness (QED) is 0.716. The van der Waals surface area contributed by atoms with Gasteiger partial charge in [-0.15, -0.1) is 0 Å². The monoisotopic (exact) mass is 191 g/mol. The van der Waals surface area contributed by atoms with Crippen molar-refractivity contribution in [1.82, 2.24) is 0 Å². The second kappa shape index (κ2) is 4.01. The van der Waals surface area contributed by atoms with Gasteiger partial charge in [-0.2, -0.15) is 0 Å². The Kier molecular flexibility index (Phi) is 2.73. The van der Waals surface area contributed by atoms with Crippen LogP contribution in [0, 0.1) is 0 Å². The van der Waals surface area contributed by atoms with Crippen LogP contribution < -0.4 is 5.73 Å². The Hall–Kier alpha value is -1.02. The summed E-state index contributed by atoms with van der Waals surface area (Å²) in [5, 5.41) is 9.72. The first-order valence-corrected chi connectivity index (χ1v) is 5.32. The van der Waals surface area contributed by atoms with Crippen LogP contribution in [-0.4, -0.2) is 11.1 Å². The molecule has 14 heavy (non-hydrogen) atoms. The molecule has 1 aromatic rings. The predicted octanol–water partition coefficient (Wildman–Crippen LogP) is 2.38. The van der Waals surface area contributed by atoms with E-state index in [-0.39, 0.29) is 6.04 Å². The molecule has 2 nitrogen and oxygen atoms in total. The Morgan fingerprint density at radius 3 is 2.57 bits per heavy atom. The molecular formula is C12H17NO. The van der Waals surface area contributed by atoms with Gasteiger partial charge < -0.3 is 10.8 Å². The van der Waals surface area contributed by atoms with E-state index in [1.165, 1.54) is 12.8 Å². The number of para-hydroxylation sites is 1. The van der Waals surface area contributed by atoms with Crippen molar-refractivity contribution in [2.75, 3.05) is 0 Å². The third-order valence-corrected chi connectivity index (χ3v) is 3.16. The van der Waals surface area contributed by atoms with Crippen LogP contribution in [0.5, 0.6) is 5.75 Å². The van der Waals surface area contributed by atoms with Gasteiger partial charge in [0.05, 0.1) is 0 Å². The maximum absolute atomic E-state index is 9.72. The van der Waals surface area contributed by atoms with Gasteiger partial charge in [-0.1, -0.05) is 31.0 Å². The van der Waals surface area contributed by atoms with E-state index < -0.39 is 0 Å². The highest BCUT2D eigenvalue weighted by atomic mass is 16.3. The molecule has 0 spiro atoms. The van der Waals surface area contributed by atoms with E-state index in [0.717, 1.165) is 18.4 Å². The summed E-state index contributed by atoms with van der Waals surface area (Å²) in [6.07, 6.45) is 4.65. The van der Waals surface area contributed by atoms with Crippen LogP contribution in [0.15, 0.2) is 24.3 Å². The maximum atomic E-state index is 9.72. The highest BCUT2D eigenvalue weighted by Gasteiger charge is 2.24. The standard InChI is InChI=1S/C12H17NO/c13-11-7-3-1-5-9(11)10-6-2-4-8-12(10)14/h2,4,6,8-9,11,14H,1,3,5,7,13H2. The summed E-state index contributed by atoms with van der Waals surface area (Å²) in [5.41, 5.74) is 7.10. The molecule has 2 atom stereocenters. The molecule has 0 radical (unpaired) electrons. The smallest absolute Gasteiger partial charge is 0.119 e. The molecule has 1 fully saturated rings. The molecule has 0 amide bonds. The molecule has 1 saturated carbocycles. The molecular weight excluding hydrogens is 174 g/mol. The van der Waals surface area contributed by atoms with E-state index >= 15 is 0 Å². The van der Waals surface area contributed by atoms with Crippen LogP contribution in [0.2, 0.25) is 0 Å². The van der Waals surface area contributed by atoms with E-state index in [0.29, 0.717) is 11.7 Å². The van der Waals surface area contributed by atoms with Crippen molar-refractivity contribution in [2.24, 2.45) is 5.73 Å². The molecule has 0 aromatic heterocycles. The van der Waals surface area contributed by atoms with Crippen molar-refractivity contribution in [3.63, 3.8) is 0 Å². The SMILES string of the molecule is NC1CCCCC1c1ccccc1O. The summed E-state index contributed by atoms with van der Waals surface area (Å²) in [7, 11) is 0. The normalized spacial score (nSPS) is 27.5. The maximum Gasteiger partial charge on any atom is 0.119 e. The van der Waals surface area contributed by atoms with Crippen LogP contribution in [0.1, 0.15) is 37.2 Å². The topological polar surface area (TPSA) is 46.2 Å². The molecule has 2 unspecified atom stereocenters. The third-order valence-electron chi connectivity index (χ3n) is 3.16. The summed E-state index contributed by atoms with van der Waals surface area (Å²) < 4.78 is 0. The van der Waals surface area contributed by atoms with Crippen LogP contribution in [0.25, 0.3) is 0 Å². The van der Waals surface area contributed by atoms with Gasteiger partial charge >= 0.3 is 0 Å². The van der Waals surface area contributed by atoms with Crippen molar-refractivity contribution in [3.8, 4) is 5.75 Å². The lowest BCUT2D eigenvalue weighted by molar-refractivity contribution is 0.371. The largest absolute Gasteiger partial charge is 0.508 e. The fourth-order valence-electron chi connectivity index (χ4n) is 2.35. The molecule has 1 aliphatic rings. The van der Waals surface area contributed by atoms with Crippen molar-refractivity contribution in [1.29, 1.82) is 0 Å². The first kappa shape index (κ1) is 9.53. The molecule has 0 aliphatic heterocycles. The van der Waals surface area contributed by atoms with Crippen LogP contribution in [-0.2, 0) is 0 Å². The number of benzene rings is 1. The highest BCUT2D eigenvalue weighted by Crippen LogP contribution is 2.35. The molecule has 0 heterocycles. The number of rotatable bonds is 1. The second-order valence-corrected chi connectivity index (χ2v) is 4.11. The molecule has 0 bridgehead atoms. The zero-order valence-electron chi connectivity index (χ0n) is 8.32. The molecule has 0 saturated heterocycles. The summed E-state index contributed by atoms with van der Waals surface area (Å²) in [4.78, 5) is 0. The Labute approximate surface area is 84.7 Å². The Bertz CT molecular complexity index is 311. The number of nitrogens with two attached hydrogens (primary N) is 1. The number of hydrogen-bond acceptors (Lipinski definition) is 2. The van der Waals surface area contributed by atoms with Gasteiger partial charge in [0.15, 0.2) is 0 Å². The van der Waals surface area contributed by atoms with Gasteiger partial charge in [-0.05, 0) is 24.5 Å². The number of aromatic hydroxyl groups is 1. The van der Waals surface area contributed by atoms with Crippen molar-refractivity contribution < 1.29 is 5.11 Å².